The van der Waals surface area contributed by atoms with Crippen molar-refractivity contribution in [2.45, 2.75) is 76.6 Å². The first kappa shape index (κ1) is 16.4. The van der Waals surface area contributed by atoms with E-state index in [0.717, 1.165) is 12.8 Å². The second-order valence-electron chi connectivity index (χ2n) is 7.47. The van der Waals surface area contributed by atoms with Gasteiger partial charge in [0.2, 0.25) is 0 Å². The Hall–Kier alpha value is -0.470. The van der Waals surface area contributed by atoms with Gasteiger partial charge in [0.05, 0.1) is 10.7 Å². The van der Waals surface area contributed by atoms with E-state index < -0.39 is 11.6 Å². The summed E-state index contributed by atoms with van der Waals surface area (Å²) < 4.78 is 17.9. The summed E-state index contributed by atoms with van der Waals surface area (Å²) in [4.78, 5) is 0. The van der Waals surface area contributed by atoms with Crippen molar-refractivity contribution in [2.75, 3.05) is 0 Å². The molecule has 1 aromatic carbocycles. The monoisotopic (exact) mass is 321 g/mol. The topological polar surface area (TPSA) is 27.7 Å². The maximum Gasteiger partial charge on any atom is 0.173 e. The minimum absolute atomic E-state index is 0.0903. The molecule has 4 heterocycles. The number of ether oxygens (including phenoxy) is 3. The van der Waals surface area contributed by atoms with Crippen LogP contribution < -0.4 is 0 Å². The van der Waals surface area contributed by atoms with Crippen LogP contribution in [-0.4, -0.2) is 22.3 Å². The van der Waals surface area contributed by atoms with Gasteiger partial charge in [0.25, 0.3) is 0 Å². The highest BCUT2D eigenvalue weighted by atomic mass is 31.1. The van der Waals surface area contributed by atoms with Crippen LogP contribution in [0.5, 0.6) is 0 Å². The van der Waals surface area contributed by atoms with Gasteiger partial charge in [-0.1, -0.05) is 24.3 Å². The van der Waals surface area contributed by atoms with Crippen LogP contribution in [0.1, 0.15) is 51.7 Å². The van der Waals surface area contributed by atoms with Crippen LogP contribution in [0.25, 0.3) is 0 Å². The lowest BCUT2D eigenvalue weighted by molar-refractivity contribution is -0.467. The van der Waals surface area contributed by atoms with Gasteiger partial charge in [0.15, 0.2) is 11.6 Å². The highest BCUT2D eigenvalue weighted by Crippen LogP contribution is 2.67. The van der Waals surface area contributed by atoms with Gasteiger partial charge in [-0.25, -0.2) is 0 Å². The van der Waals surface area contributed by atoms with Crippen molar-refractivity contribution in [3.63, 3.8) is 0 Å². The summed E-state index contributed by atoms with van der Waals surface area (Å²) in [5.41, 5.74) is 2.74. The number of hydrogen-bond acceptors (Lipinski definition) is 3. The molecule has 0 N–H and O–H groups in total. The second-order valence-corrected chi connectivity index (χ2v) is 9.59. The Morgan fingerprint density at radius 3 is 1.50 bits per heavy atom. The number of rotatable bonds is 0. The van der Waals surface area contributed by atoms with Gasteiger partial charge in [0, 0.05) is 12.8 Å². The molecule has 0 spiro atoms. The first-order chi connectivity index (χ1) is 10.0. The predicted octanol–water partition coefficient (Wildman–Crippen LogP) is 4.97. The molecule has 4 bridgehead atoms. The Labute approximate surface area is 135 Å². The summed E-state index contributed by atoms with van der Waals surface area (Å²) in [6.07, 6.45) is 1.65. The van der Waals surface area contributed by atoms with E-state index in [9.17, 15) is 0 Å². The van der Waals surface area contributed by atoms with E-state index in [-0.39, 0.29) is 10.7 Å². The van der Waals surface area contributed by atoms with Gasteiger partial charge in [-0.2, -0.15) is 0 Å². The molecule has 0 saturated carbocycles. The predicted molar refractivity (Wildman–Crippen MR) is 88.9 cm³/mol. The maximum absolute atomic E-state index is 6.01. The molecule has 4 fully saturated rings. The molecule has 0 aliphatic carbocycles. The first-order valence-corrected chi connectivity index (χ1v) is 8.81. The second kappa shape index (κ2) is 5.01. The standard InChI is InChI=1S/C10H16O3P.C8H10/c1-7-5-9(3)13-8(2,11-7)6-10(4,12-7)14-9;1-7-5-3-4-6-8(7)2/h5-6H2,1-4H3;3-6H,1-2H3. The van der Waals surface area contributed by atoms with Gasteiger partial charge in [-0.15, -0.1) is 0 Å². The van der Waals surface area contributed by atoms with E-state index in [1.165, 1.54) is 19.7 Å². The van der Waals surface area contributed by atoms with Crippen molar-refractivity contribution in [3.8, 4) is 0 Å². The summed E-state index contributed by atoms with van der Waals surface area (Å²) in [5.74, 6) is -0.889. The maximum atomic E-state index is 6.01. The molecular formula is C18H26O3P. The molecule has 4 unspecified atom stereocenters. The Morgan fingerprint density at radius 1 is 0.773 bits per heavy atom. The highest BCUT2D eigenvalue weighted by molar-refractivity contribution is 7.41. The van der Waals surface area contributed by atoms with Crippen LogP contribution in [0.2, 0.25) is 0 Å². The third-order valence-electron chi connectivity index (χ3n) is 4.50. The van der Waals surface area contributed by atoms with E-state index in [1.54, 1.807) is 0 Å². The largest absolute Gasteiger partial charge is 0.339 e. The summed E-state index contributed by atoms with van der Waals surface area (Å²) >= 11 is 0. The smallest absolute Gasteiger partial charge is 0.173 e. The summed E-state index contributed by atoms with van der Waals surface area (Å²) in [5, 5.41) is -0.181. The lowest BCUT2D eigenvalue weighted by Crippen LogP contribution is -2.69. The zero-order valence-corrected chi connectivity index (χ0v) is 15.3. The molecule has 4 saturated heterocycles. The lowest BCUT2D eigenvalue weighted by atomic mass is 9.98. The summed E-state index contributed by atoms with van der Waals surface area (Å²) in [6, 6.07) is 8.36. The molecule has 1 radical (unpaired) electrons. The van der Waals surface area contributed by atoms with E-state index in [4.69, 9.17) is 14.2 Å². The van der Waals surface area contributed by atoms with E-state index in [1.807, 2.05) is 13.8 Å². The van der Waals surface area contributed by atoms with Crippen molar-refractivity contribution in [1.82, 2.24) is 0 Å². The van der Waals surface area contributed by atoms with Crippen LogP contribution in [-0.2, 0) is 14.2 Å². The normalized spacial score (nSPS) is 46.5. The van der Waals surface area contributed by atoms with Gasteiger partial charge < -0.3 is 14.2 Å². The fourth-order valence-electron chi connectivity index (χ4n) is 4.12. The molecule has 5 rings (SSSR count). The molecule has 4 heteroatoms. The van der Waals surface area contributed by atoms with E-state index in [2.05, 4.69) is 52.0 Å². The highest BCUT2D eigenvalue weighted by Gasteiger charge is 2.66. The van der Waals surface area contributed by atoms with Crippen LogP contribution in [0.4, 0.5) is 0 Å². The average Bonchev–Trinajstić information content (AvgIpc) is 2.25. The lowest BCUT2D eigenvalue weighted by Gasteiger charge is -2.65. The Bertz CT molecular complexity index is 469. The zero-order chi connectivity index (χ0) is 16.2. The molecule has 121 valence electrons. The summed E-state index contributed by atoms with van der Waals surface area (Å²) in [7, 11) is 1.25. The molecule has 4 aliphatic rings. The molecule has 4 aliphatic heterocycles. The van der Waals surface area contributed by atoms with Crippen molar-refractivity contribution in [3.05, 3.63) is 35.4 Å². The molecular weight excluding hydrogens is 295 g/mol. The van der Waals surface area contributed by atoms with Crippen molar-refractivity contribution in [2.24, 2.45) is 0 Å². The first-order valence-electron chi connectivity index (χ1n) is 7.91. The van der Waals surface area contributed by atoms with Crippen LogP contribution in [0, 0.1) is 13.8 Å². The van der Waals surface area contributed by atoms with Crippen LogP contribution >= 0.6 is 8.58 Å². The van der Waals surface area contributed by atoms with Gasteiger partial charge >= 0.3 is 0 Å². The summed E-state index contributed by atoms with van der Waals surface area (Å²) in [6.45, 7) is 12.6. The van der Waals surface area contributed by atoms with Crippen molar-refractivity contribution >= 4 is 8.58 Å². The quantitative estimate of drug-likeness (QED) is 0.631. The van der Waals surface area contributed by atoms with Gasteiger partial charge in [-0.3, -0.25) is 0 Å². The number of aryl methyl sites for hydroxylation is 2. The Balaban J connectivity index is 0.000000154. The molecule has 3 nitrogen and oxygen atoms in total. The fourth-order valence-corrected chi connectivity index (χ4v) is 6.34. The minimum Gasteiger partial charge on any atom is -0.339 e. The number of hydrogen-bond donors (Lipinski definition) is 0. The van der Waals surface area contributed by atoms with Gasteiger partial charge in [-0.05, 0) is 61.3 Å². The molecule has 4 atom stereocenters. The van der Waals surface area contributed by atoms with Gasteiger partial charge in [0.1, 0.15) is 0 Å². The van der Waals surface area contributed by atoms with E-state index in [0.29, 0.717) is 0 Å². The Kier molecular flexibility index (Phi) is 3.73. The molecule has 22 heavy (non-hydrogen) atoms. The van der Waals surface area contributed by atoms with Crippen molar-refractivity contribution in [1.29, 1.82) is 0 Å². The third-order valence-corrected chi connectivity index (χ3v) is 5.94. The molecule has 0 aromatic heterocycles. The van der Waals surface area contributed by atoms with E-state index >= 15 is 0 Å². The van der Waals surface area contributed by atoms with Crippen molar-refractivity contribution < 1.29 is 14.2 Å². The zero-order valence-electron chi connectivity index (χ0n) is 14.4. The fraction of sp³-hybridized carbons (Fsp3) is 0.667. The number of benzene rings is 1. The van der Waals surface area contributed by atoms with Crippen LogP contribution in [0.3, 0.4) is 0 Å². The third kappa shape index (κ3) is 3.10. The van der Waals surface area contributed by atoms with Crippen LogP contribution in [0.15, 0.2) is 24.3 Å². The average molecular weight is 321 g/mol. The Morgan fingerprint density at radius 2 is 1.18 bits per heavy atom. The minimum atomic E-state index is -0.444. The molecule has 0 amide bonds. The molecule has 1 aromatic rings. The SMILES string of the molecule is CC12CC3(C)OC(C)(CC(C)(O1)[P]3)O2.Cc1ccccc1C.